The number of thioether (sulfide) groups is 1. The van der Waals surface area contributed by atoms with E-state index in [1.807, 2.05) is 48.5 Å². The number of aliphatic imine (C=N–C) groups is 1. The van der Waals surface area contributed by atoms with Crippen molar-refractivity contribution in [3.63, 3.8) is 0 Å². The van der Waals surface area contributed by atoms with E-state index < -0.39 is 0 Å². The number of carbonyl (C=O) groups is 1. The van der Waals surface area contributed by atoms with Crippen molar-refractivity contribution in [1.82, 2.24) is 0 Å². The molecule has 0 radical (unpaired) electrons. The van der Waals surface area contributed by atoms with Crippen molar-refractivity contribution < 1.29 is 9.53 Å². The van der Waals surface area contributed by atoms with Crippen LogP contribution >= 0.6 is 23.4 Å². The van der Waals surface area contributed by atoms with E-state index in [4.69, 9.17) is 21.3 Å². The first-order chi connectivity index (χ1) is 14.6. The van der Waals surface area contributed by atoms with Crippen molar-refractivity contribution in [2.24, 2.45) is 10.9 Å². The molecule has 1 saturated carbocycles. The molecule has 1 aliphatic heterocycles. The van der Waals surface area contributed by atoms with E-state index in [-0.39, 0.29) is 17.6 Å². The lowest BCUT2D eigenvalue weighted by Crippen LogP contribution is -2.37. The zero-order valence-corrected chi connectivity index (χ0v) is 18.2. The smallest absolute Gasteiger partial charge is 0.142 e. The zero-order chi connectivity index (χ0) is 21.1. The van der Waals surface area contributed by atoms with Gasteiger partial charge in [0.25, 0.3) is 0 Å². The highest BCUT2D eigenvalue weighted by Gasteiger charge is 2.42. The Kier molecular flexibility index (Phi) is 6.26. The number of nitrogens with zero attached hydrogens (tertiary/aromatic N) is 2. The van der Waals surface area contributed by atoms with E-state index in [1.54, 1.807) is 18.9 Å². The summed E-state index contributed by atoms with van der Waals surface area (Å²) < 4.78 is 5.27. The minimum Gasteiger partial charge on any atom is -0.497 e. The number of allylic oxidation sites excluding steroid dienone is 1. The van der Waals surface area contributed by atoms with E-state index in [2.05, 4.69) is 6.07 Å². The lowest BCUT2D eigenvalue weighted by molar-refractivity contribution is -0.121. The number of benzene rings is 2. The minimum absolute atomic E-state index is 0.176. The fraction of sp³-hybridized carbons (Fsp3) is 0.292. The monoisotopic (exact) mass is 436 g/mol. The van der Waals surface area contributed by atoms with Gasteiger partial charge in [0, 0.05) is 28.8 Å². The number of nitriles is 1. The van der Waals surface area contributed by atoms with E-state index in [9.17, 15) is 10.1 Å². The summed E-state index contributed by atoms with van der Waals surface area (Å²) in [5.41, 5.74) is 3.54. The van der Waals surface area contributed by atoms with Gasteiger partial charge >= 0.3 is 0 Å². The van der Waals surface area contributed by atoms with Crippen LogP contribution in [0.15, 0.2) is 64.1 Å². The number of fused-ring (bicyclic) bond motifs is 1. The van der Waals surface area contributed by atoms with Crippen molar-refractivity contribution in [2.45, 2.75) is 30.9 Å². The first kappa shape index (κ1) is 20.7. The van der Waals surface area contributed by atoms with Crippen LogP contribution in [-0.4, -0.2) is 18.6 Å². The van der Waals surface area contributed by atoms with Crippen LogP contribution in [0.25, 0.3) is 0 Å². The minimum atomic E-state index is -0.346. The Bertz CT molecular complexity index is 1050. The molecule has 0 unspecified atom stereocenters. The third kappa shape index (κ3) is 4.16. The van der Waals surface area contributed by atoms with Gasteiger partial charge in [0.05, 0.1) is 24.7 Å². The number of Topliss-reactive ketones (excluding diaryl/α,β-unsaturated/α-hetero) is 1. The molecule has 0 saturated heterocycles. The topological polar surface area (TPSA) is 62.4 Å². The summed E-state index contributed by atoms with van der Waals surface area (Å²) >= 11 is 7.53. The molecule has 2 aliphatic rings. The summed E-state index contributed by atoms with van der Waals surface area (Å²) in [4.78, 5) is 17.7. The largest absolute Gasteiger partial charge is 0.497 e. The Morgan fingerprint density at radius 3 is 2.53 bits per heavy atom. The second-order valence-corrected chi connectivity index (χ2v) is 8.80. The van der Waals surface area contributed by atoms with Gasteiger partial charge in [-0.05, 0) is 48.2 Å². The molecule has 2 aromatic carbocycles. The van der Waals surface area contributed by atoms with Crippen LogP contribution in [0.3, 0.4) is 0 Å². The highest BCUT2D eigenvalue weighted by Crippen LogP contribution is 2.45. The molecule has 2 atom stereocenters. The molecule has 1 fully saturated rings. The zero-order valence-electron chi connectivity index (χ0n) is 16.6. The molecule has 0 N–H and O–H groups in total. The van der Waals surface area contributed by atoms with Crippen molar-refractivity contribution in [3.8, 4) is 11.8 Å². The number of hydrogen-bond acceptors (Lipinski definition) is 5. The number of methoxy groups -OCH3 is 1. The van der Waals surface area contributed by atoms with Crippen molar-refractivity contribution in [2.75, 3.05) is 7.11 Å². The third-order valence-electron chi connectivity index (χ3n) is 5.57. The van der Waals surface area contributed by atoms with Crippen LogP contribution < -0.4 is 4.74 Å². The van der Waals surface area contributed by atoms with Gasteiger partial charge in [0.2, 0.25) is 0 Å². The average Bonchev–Trinajstić information content (AvgIpc) is 2.78. The van der Waals surface area contributed by atoms with E-state index in [0.717, 1.165) is 35.4 Å². The molecule has 6 heteroatoms. The maximum Gasteiger partial charge on any atom is 0.142 e. The molecule has 152 valence electrons. The van der Waals surface area contributed by atoms with Gasteiger partial charge in [-0.2, -0.15) is 5.26 Å². The van der Waals surface area contributed by atoms with Crippen LogP contribution in [-0.2, 0) is 10.5 Å². The summed E-state index contributed by atoms with van der Waals surface area (Å²) in [6.07, 6.45) is 2.16. The summed E-state index contributed by atoms with van der Waals surface area (Å²) in [5, 5.41) is 11.5. The SMILES string of the molecule is COc1ccc([C@@H]2C(C#N)=C(SCc3ccc(Cl)cc3)N=C3CCCC(=O)[C@@H]32)cc1. The number of hydrogen-bond donors (Lipinski definition) is 0. The predicted molar refractivity (Wildman–Crippen MR) is 121 cm³/mol. The molecule has 4 rings (SSSR count). The van der Waals surface area contributed by atoms with Gasteiger partial charge in [-0.15, -0.1) is 11.8 Å². The number of halogens is 1. The van der Waals surface area contributed by atoms with Crippen LogP contribution in [0.4, 0.5) is 0 Å². The van der Waals surface area contributed by atoms with Crippen molar-refractivity contribution in [3.05, 3.63) is 75.3 Å². The van der Waals surface area contributed by atoms with Crippen LogP contribution in [0.1, 0.15) is 36.3 Å². The van der Waals surface area contributed by atoms with Gasteiger partial charge in [0.1, 0.15) is 16.6 Å². The maximum absolute atomic E-state index is 12.9. The van der Waals surface area contributed by atoms with E-state index >= 15 is 0 Å². The van der Waals surface area contributed by atoms with Crippen LogP contribution in [0.2, 0.25) is 5.02 Å². The molecule has 30 heavy (non-hydrogen) atoms. The molecular weight excluding hydrogens is 416 g/mol. The van der Waals surface area contributed by atoms with Gasteiger partial charge in [0.15, 0.2) is 0 Å². The first-order valence-electron chi connectivity index (χ1n) is 9.86. The second kappa shape index (κ2) is 9.07. The summed E-state index contributed by atoms with van der Waals surface area (Å²) in [5.74, 6) is 0.965. The van der Waals surface area contributed by atoms with E-state index in [1.165, 1.54) is 0 Å². The fourth-order valence-electron chi connectivity index (χ4n) is 4.06. The highest BCUT2D eigenvalue weighted by molar-refractivity contribution is 8.02. The Hall–Kier alpha value is -2.55. The van der Waals surface area contributed by atoms with Crippen molar-refractivity contribution >= 4 is 34.9 Å². The Morgan fingerprint density at radius 1 is 1.13 bits per heavy atom. The molecule has 4 nitrogen and oxygen atoms in total. The van der Waals surface area contributed by atoms with E-state index in [0.29, 0.717) is 27.8 Å². The highest BCUT2D eigenvalue weighted by atomic mass is 35.5. The number of carbonyl (C=O) groups excluding carboxylic acids is 1. The Balaban J connectivity index is 1.72. The molecule has 1 heterocycles. The summed E-state index contributed by atoms with van der Waals surface area (Å²) in [7, 11) is 1.62. The number of rotatable bonds is 5. The molecule has 0 bridgehead atoms. The molecular formula is C24H21ClN2O2S. The van der Waals surface area contributed by atoms with Gasteiger partial charge < -0.3 is 4.74 Å². The normalized spacial score (nSPS) is 21.0. The summed E-state index contributed by atoms with van der Waals surface area (Å²) in [6.45, 7) is 0. The van der Waals surface area contributed by atoms with Crippen LogP contribution in [0.5, 0.6) is 5.75 Å². The van der Waals surface area contributed by atoms with Crippen LogP contribution in [0, 0.1) is 17.2 Å². The van der Waals surface area contributed by atoms with Gasteiger partial charge in [-0.25, -0.2) is 4.99 Å². The molecule has 1 aliphatic carbocycles. The van der Waals surface area contributed by atoms with Crippen molar-refractivity contribution in [1.29, 1.82) is 5.26 Å². The van der Waals surface area contributed by atoms with Gasteiger partial charge in [-0.1, -0.05) is 35.9 Å². The second-order valence-electron chi connectivity index (χ2n) is 7.40. The first-order valence-corrected chi connectivity index (χ1v) is 11.2. The standard InChI is InChI=1S/C24H21ClN2O2S/c1-29-18-11-7-16(8-12-18)22-19(13-26)24(27-20-3-2-4-21(28)23(20)22)30-14-15-5-9-17(25)10-6-15/h5-12,22-23H,2-4,14H2,1H3/t22-,23-/m1/s1. The Labute approximate surface area is 185 Å². The lowest BCUT2D eigenvalue weighted by atomic mass is 9.70. The Morgan fingerprint density at radius 2 is 1.87 bits per heavy atom. The fourth-order valence-corrected chi connectivity index (χ4v) is 5.20. The quantitative estimate of drug-likeness (QED) is 0.583. The molecule has 2 aromatic rings. The van der Waals surface area contributed by atoms with Gasteiger partial charge in [-0.3, -0.25) is 4.79 Å². The molecule has 0 amide bonds. The predicted octanol–water partition coefficient (Wildman–Crippen LogP) is 5.92. The number of ether oxygens (including phenoxy) is 1. The molecule has 0 spiro atoms. The maximum atomic E-state index is 12.9. The number of ketones is 1. The average molecular weight is 437 g/mol. The third-order valence-corrected chi connectivity index (χ3v) is 6.88. The summed E-state index contributed by atoms with van der Waals surface area (Å²) in [6, 6.07) is 17.7. The molecule has 0 aromatic heterocycles. The lowest BCUT2D eigenvalue weighted by Gasteiger charge is -2.34.